The molecule has 1 saturated heterocycles. The average Bonchev–Trinajstić information content (AvgIpc) is 3.03. The van der Waals surface area contributed by atoms with Crippen LogP contribution in [0.25, 0.3) is 5.57 Å². The van der Waals surface area contributed by atoms with Crippen LogP contribution in [0, 0.1) is 12.8 Å². The SMILES string of the molecule is Cc1cccc(N2C(=O)C(c3ccc(OCC(C)C)cc3)=C(N3CCOCC3)C2=O)c1. The number of nitrogens with zero attached hydrogens (tertiary/aromatic N) is 2. The van der Waals surface area contributed by atoms with E-state index in [-0.39, 0.29) is 11.8 Å². The molecule has 0 spiro atoms. The van der Waals surface area contributed by atoms with Gasteiger partial charge in [0, 0.05) is 13.1 Å². The summed E-state index contributed by atoms with van der Waals surface area (Å²) in [6.45, 7) is 8.98. The lowest BCUT2D eigenvalue weighted by molar-refractivity contribution is -0.121. The zero-order chi connectivity index (χ0) is 22.0. The van der Waals surface area contributed by atoms with Crippen molar-refractivity contribution in [2.75, 3.05) is 37.8 Å². The number of carbonyl (C=O) groups is 2. The Kier molecular flexibility index (Phi) is 6.09. The van der Waals surface area contributed by atoms with Crippen molar-refractivity contribution in [3.63, 3.8) is 0 Å². The summed E-state index contributed by atoms with van der Waals surface area (Å²) < 4.78 is 11.2. The van der Waals surface area contributed by atoms with Crippen molar-refractivity contribution in [1.29, 1.82) is 0 Å². The van der Waals surface area contributed by atoms with Gasteiger partial charge in [-0.1, -0.05) is 38.1 Å². The van der Waals surface area contributed by atoms with Crippen LogP contribution in [0.3, 0.4) is 0 Å². The van der Waals surface area contributed by atoms with Gasteiger partial charge in [-0.25, -0.2) is 4.90 Å². The van der Waals surface area contributed by atoms with Gasteiger partial charge in [0.25, 0.3) is 11.8 Å². The summed E-state index contributed by atoms with van der Waals surface area (Å²) in [5.41, 5.74) is 3.18. The van der Waals surface area contributed by atoms with E-state index in [1.54, 1.807) is 6.07 Å². The largest absolute Gasteiger partial charge is 0.493 e. The summed E-state index contributed by atoms with van der Waals surface area (Å²) in [6, 6.07) is 14.9. The molecule has 2 aromatic rings. The lowest BCUT2D eigenvalue weighted by atomic mass is 10.0. The molecule has 4 rings (SSSR count). The molecule has 2 aliphatic rings. The van der Waals surface area contributed by atoms with E-state index < -0.39 is 0 Å². The number of rotatable bonds is 6. The quantitative estimate of drug-likeness (QED) is 0.668. The highest BCUT2D eigenvalue weighted by molar-refractivity contribution is 6.45. The van der Waals surface area contributed by atoms with E-state index >= 15 is 0 Å². The number of morpholine rings is 1. The maximum Gasteiger partial charge on any atom is 0.282 e. The second-order valence-electron chi connectivity index (χ2n) is 8.34. The number of ether oxygens (including phenoxy) is 2. The minimum absolute atomic E-state index is 0.285. The Morgan fingerprint density at radius 1 is 1.00 bits per heavy atom. The fraction of sp³-hybridized carbons (Fsp3) is 0.360. The number of hydrogen-bond donors (Lipinski definition) is 0. The molecule has 2 heterocycles. The summed E-state index contributed by atoms with van der Waals surface area (Å²) in [7, 11) is 0. The van der Waals surface area contributed by atoms with Crippen LogP contribution >= 0.6 is 0 Å². The highest BCUT2D eigenvalue weighted by atomic mass is 16.5. The fourth-order valence-electron chi connectivity index (χ4n) is 3.84. The van der Waals surface area contributed by atoms with E-state index in [4.69, 9.17) is 9.47 Å². The summed E-state index contributed by atoms with van der Waals surface area (Å²) in [6.07, 6.45) is 0. The van der Waals surface area contributed by atoms with Crippen LogP contribution in [0.2, 0.25) is 0 Å². The van der Waals surface area contributed by atoms with Gasteiger partial charge in [0.2, 0.25) is 0 Å². The first-order chi connectivity index (χ1) is 15.0. The molecule has 0 unspecified atom stereocenters. The number of carbonyl (C=O) groups excluding carboxylic acids is 2. The van der Waals surface area contributed by atoms with E-state index in [1.165, 1.54) is 4.90 Å². The van der Waals surface area contributed by atoms with Gasteiger partial charge in [0.1, 0.15) is 11.4 Å². The molecule has 0 radical (unpaired) electrons. The van der Waals surface area contributed by atoms with Crippen molar-refractivity contribution in [3.05, 3.63) is 65.4 Å². The van der Waals surface area contributed by atoms with E-state index in [0.717, 1.165) is 11.3 Å². The van der Waals surface area contributed by atoms with Gasteiger partial charge in [0.15, 0.2) is 0 Å². The number of benzene rings is 2. The molecule has 0 N–H and O–H groups in total. The van der Waals surface area contributed by atoms with Crippen molar-refractivity contribution >= 4 is 23.1 Å². The molecule has 2 aliphatic heterocycles. The van der Waals surface area contributed by atoms with Gasteiger partial charge in [-0.05, 0) is 48.2 Å². The Bertz CT molecular complexity index is 1000. The predicted octanol–water partition coefficient (Wildman–Crippen LogP) is 3.65. The lowest BCUT2D eigenvalue weighted by Crippen LogP contribution is -2.40. The van der Waals surface area contributed by atoms with Gasteiger partial charge >= 0.3 is 0 Å². The highest BCUT2D eigenvalue weighted by Crippen LogP contribution is 2.35. The Morgan fingerprint density at radius 2 is 1.71 bits per heavy atom. The van der Waals surface area contributed by atoms with Crippen LogP contribution in [0.1, 0.15) is 25.0 Å². The van der Waals surface area contributed by atoms with Gasteiger partial charge in [0.05, 0.1) is 31.1 Å². The Balaban J connectivity index is 1.72. The zero-order valence-corrected chi connectivity index (χ0v) is 18.3. The van der Waals surface area contributed by atoms with Gasteiger partial charge < -0.3 is 14.4 Å². The molecule has 0 bridgehead atoms. The zero-order valence-electron chi connectivity index (χ0n) is 18.3. The monoisotopic (exact) mass is 420 g/mol. The third-order valence-corrected chi connectivity index (χ3v) is 5.37. The molecule has 162 valence electrons. The van der Waals surface area contributed by atoms with Crippen LogP contribution in [-0.2, 0) is 14.3 Å². The van der Waals surface area contributed by atoms with E-state index in [9.17, 15) is 9.59 Å². The number of imide groups is 1. The first kappa shape index (κ1) is 21.1. The average molecular weight is 421 g/mol. The summed E-state index contributed by atoms with van der Waals surface area (Å²) >= 11 is 0. The number of hydrogen-bond acceptors (Lipinski definition) is 5. The van der Waals surface area contributed by atoms with Crippen molar-refractivity contribution in [3.8, 4) is 5.75 Å². The van der Waals surface area contributed by atoms with E-state index in [2.05, 4.69) is 13.8 Å². The summed E-state index contributed by atoms with van der Waals surface area (Å²) in [5.74, 6) is 0.589. The molecular weight excluding hydrogens is 392 g/mol. The Hall–Kier alpha value is -3.12. The molecule has 1 fully saturated rings. The van der Waals surface area contributed by atoms with Crippen molar-refractivity contribution in [1.82, 2.24) is 4.90 Å². The van der Waals surface area contributed by atoms with Gasteiger partial charge in [-0.2, -0.15) is 0 Å². The van der Waals surface area contributed by atoms with Crippen LogP contribution in [-0.4, -0.2) is 49.6 Å². The maximum absolute atomic E-state index is 13.5. The van der Waals surface area contributed by atoms with Crippen molar-refractivity contribution in [2.45, 2.75) is 20.8 Å². The lowest BCUT2D eigenvalue weighted by Gasteiger charge is -2.29. The molecular formula is C25H28N2O4. The molecule has 6 nitrogen and oxygen atoms in total. The Labute approximate surface area is 183 Å². The number of amides is 2. The third kappa shape index (κ3) is 4.35. The first-order valence-corrected chi connectivity index (χ1v) is 10.7. The van der Waals surface area contributed by atoms with Crippen molar-refractivity contribution < 1.29 is 19.1 Å². The molecule has 31 heavy (non-hydrogen) atoms. The van der Waals surface area contributed by atoms with E-state index in [0.29, 0.717) is 61.3 Å². The number of anilines is 1. The van der Waals surface area contributed by atoms with Crippen LogP contribution in [0.5, 0.6) is 5.75 Å². The fourth-order valence-corrected chi connectivity index (χ4v) is 3.84. The molecule has 0 aliphatic carbocycles. The van der Waals surface area contributed by atoms with Crippen molar-refractivity contribution in [2.24, 2.45) is 5.92 Å². The molecule has 0 atom stereocenters. The second kappa shape index (κ2) is 8.94. The maximum atomic E-state index is 13.5. The second-order valence-corrected chi connectivity index (χ2v) is 8.34. The normalized spacial score (nSPS) is 17.2. The molecule has 0 saturated carbocycles. The molecule has 2 amide bonds. The molecule has 6 heteroatoms. The molecule has 0 aromatic heterocycles. The number of aryl methyl sites for hydroxylation is 1. The minimum atomic E-state index is -0.298. The van der Waals surface area contributed by atoms with Crippen LogP contribution in [0.15, 0.2) is 54.2 Å². The standard InChI is InChI=1S/C25H28N2O4/c1-17(2)16-31-21-9-7-19(8-10-21)22-23(26-11-13-30-14-12-26)25(29)27(24(22)28)20-6-4-5-18(3)15-20/h4-10,15,17H,11-14,16H2,1-3H3. The smallest absolute Gasteiger partial charge is 0.282 e. The first-order valence-electron chi connectivity index (χ1n) is 10.7. The van der Waals surface area contributed by atoms with Crippen LogP contribution < -0.4 is 9.64 Å². The summed E-state index contributed by atoms with van der Waals surface area (Å²) in [4.78, 5) is 30.3. The van der Waals surface area contributed by atoms with Gasteiger partial charge in [-0.15, -0.1) is 0 Å². The topological polar surface area (TPSA) is 59.1 Å². The van der Waals surface area contributed by atoms with E-state index in [1.807, 2.05) is 54.3 Å². The van der Waals surface area contributed by atoms with Crippen LogP contribution in [0.4, 0.5) is 5.69 Å². The van der Waals surface area contributed by atoms with Gasteiger partial charge in [-0.3, -0.25) is 9.59 Å². The predicted molar refractivity (Wildman–Crippen MR) is 120 cm³/mol. The summed E-state index contributed by atoms with van der Waals surface area (Å²) in [5, 5.41) is 0. The Morgan fingerprint density at radius 3 is 2.35 bits per heavy atom. The minimum Gasteiger partial charge on any atom is -0.493 e. The highest BCUT2D eigenvalue weighted by Gasteiger charge is 2.42. The molecule has 2 aromatic carbocycles. The third-order valence-electron chi connectivity index (χ3n) is 5.37.